The Morgan fingerprint density at radius 3 is 2.41 bits per heavy atom. The minimum Gasteiger partial charge on any atom is -0.467 e. The fourth-order valence-electron chi connectivity index (χ4n) is 1.98. The van der Waals surface area contributed by atoms with E-state index in [1.807, 2.05) is 28.1 Å². The molecule has 1 aliphatic rings. The quantitative estimate of drug-likeness (QED) is 0.527. The van der Waals surface area contributed by atoms with Gasteiger partial charge in [0.1, 0.15) is 6.04 Å². The van der Waals surface area contributed by atoms with Gasteiger partial charge in [-0.1, -0.05) is 0 Å². The lowest BCUT2D eigenvalue weighted by Gasteiger charge is -2.34. The van der Waals surface area contributed by atoms with Crippen LogP contribution in [-0.4, -0.2) is 68.1 Å². The third kappa shape index (κ3) is 2.97. The predicted octanol–water partition coefficient (Wildman–Crippen LogP) is 0.245. The largest absolute Gasteiger partial charge is 0.467 e. The molecule has 0 aromatic rings. The number of quaternary nitrogens is 1. The molecule has 1 aliphatic heterocycles. The Labute approximate surface area is 103 Å². The van der Waals surface area contributed by atoms with Crippen molar-refractivity contribution in [2.24, 2.45) is 0 Å². The Bertz CT molecular complexity index is 309. The van der Waals surface area contributed by atoms with E-state index in [9.17, 15) is 9.59 Å². The fraction of sp³-hybridized carbons (Fsp3) is 0.833. The highest BCUT2D eigenvalue weighted by Crippen LogP contribution is 2.21. The molecule has 0 aromatic carbocycles. The average molecular weight is 243 g/mol. The molecule has 0 aliphatic carbocycles. The first-order valence-electron chi connectivity index (χ1n) is 5.98. The molecule has 1 rings (SSSR count). The molecule has 0 N–H and O–H groups in total. The van der Waals surface area contributed by atoms with Crippen molar-refractivity contribution < 1.29 is 18.8 Å². The molecule has 0 bridgehead atoms. The van der Waals surface area contributed by atoms with Gasteiger partial charge in [-0.15, -0.1) is 0 Å². The van der Waals surface area contributed by atoms with Crippen LogP contribution in [0.5, 0.6) is 0 Å². The zero-order chi connectivity index (χ0) is 13.2. The highest BCUT2D eigenvalue weighted by atomic mass is 16.5. The SMILES string of the molecule is COC(=O)[C@@H]1CCCN1C(=O)[C@H](C)[N+](C)(C)C. The van der Waals surface area contributed by atoms with Crippen LogP contribution in [0.25, 0.3) is 0 Å². The van der Waals surface area contributed by atoms with Gasteiger partial charge in [0.05, 0.1) is 28.3 Å². The first-order chi connectivity index (χ1) is 7.79. The van der Waals surface area contributed by atoms with E-state index >= 15 is 0 Å². The molecule has 17 heavy (non-hydrogen) atoms. The van der Waals surface area contributed by atoms with Crippen LogP contribution in [0.4, 0.5) is 0 Å². The summed E-state index contributed by atoms with van der Waals surface area (Å²) >= 11 is 0. The first kappa shape index (κ1) is 14.0. The van der Waals surface area contributed by atoms with Crippen LogP contribution < -0.4 is 0 Å². The second-order valence-corrected chi connectivity index (χ2v) is 5.51. The lowest BCUT2D eigenvalue weighted by molar-refractivity contribution is -0.884. The summed E-state index contributed by atoms with van der Waals surface area (Å²) in [6, 6.07) is -0.540. The number of ether oxygens (including phenoxy) is 1. The van der Waals surface area contributed by atoms with Gasteiger partial charge in [0.25, 0.3) is 5.91 Å². The van der Waals surface area contributed by atoms with Gasteiger partial charge in [0.2, 0.25) is 0 Å². The second kappa shape index (κ2) is 5.04. The minimum atomic E-state index is -0.388. The van der Waals surface area contributed by atoms with E-state index in [0.717, 1.165) is 6.42 Å². The molecule has 1 fully saturated rings. The molecular weight excluding hydrogens is 220 g/mol. The van der Waals surface area contributed by atoms with Crippen molar-refractivity contribution in [1.82, 2.24) is 4.90 Å². The molecule has 1 saturated heterocycles. The second-order valence-electron chi connectivity index (χ2n) is 5.51. The number of hydrogen-bond donors (Lipinski definition) is 0. The summed E-state index contributed by atoms with van der Waals surface area (Å²) in [5.74, 6) is -0.269. The van der Waals surface area contributed by atoms with Crippen molar-refractivity contribution in [2.45, 2.75) is 31.8 Å². The van der Waals surface area contributed by atoms with Crippen molar-refractivity contribution in [3.8, 4) is 0 Å². The highest BCUT2D eigenvalue weighted by Gasteiger charge is 2.40. The predicted molar refractivity (Wildman–Crippen MR) is 64.2 cm³/mol. The minimum absolute atomic E-state index is 0.0328. The molecule has 1 heterocycles. The van der Waals surface area contributed by atoms with Crippen molar-refractivity contribution >= 4 is 11.9 Å². The summed E-state index contributed by atoms with van der Waals surface area (Å²) in [4.78, 5) is 25.6. The molecular formula is C12H23N2O3+. The van der Waals surface area contributed by atoms with Crippen molar-refractivity contribution in [3.63, 3.8) is 0 Å². The van der Waals surface area contributed by atoms with E-state index in [4.69, 9.17) is 4.74 Å². The Balaban J connectivity index is 2.78. The van der Waals surface area contributed by atoms with E-state index < -0.39 is 0 Å². The lowest BCUT2D eigenvalue weighted by Crippen LogP contribution is -2.55. The van der Waals surface area contributed by atoms with Gasteiger partial charge in [0, 0.05) is 6.54 Å². The lowest BCUT2D eigenvalue weighted by atomic mass is 10.2. The maximum Gasteiger partial charge on any atom is 0.328 e. The van der Waals surface area contributed by atoms with Crippen molar-refractivity contribution in [3.05, 3.63) is 0 Å². The Morgan fingerprint density at radius 2 is 1.94 bits per heavy atom. The molecule has 5 nitrogen and oxygen atoms in total. The normalized spacial score (nSPS) is 22.4. The zero-order valence-corrected chi connectivity index (χ0v) is 11.4. The highest BCUT2D eigenvalue weighted by molar-refractivity contribution is 5.87. The zero-order valence-electron chi connectivity index (χ0n) is 11.4. The number of likely N-dealkylation sites (tertiary alicyclic amines) is 1. The van der Waals surface area contributed by atoms with E-state index in [0.29, 0.717) is 17.4 Å². The Kier molecular flexibility index (Phi) is 4.14. The van der Waals surface area contributed by atoms with Crippen LogP contribution in [0.2, 0.25) is 0 Å². The number of esters is 1. The topological polar surface area (TPSA) is 46.6 Å². The van der Waals surface area contributed by atoms with Crippen LogP contribution in [0.1, 0.15) is 19.8 Å². The number of amides is 1. The van der Waals surface area contributed by atoms with Gasteiger partial charge in [-0.25, -0.2) is 4.79 Å². The van der Waals surface area contributed by atoms with Gasteiger partial charge in [0.15, 0.2) is 6.04 Å². The van der Waals surface area contributed by atoms with Crippen LogP contribution in [0, 0.1) is 0 Å². The van der Waals surface area contributed by atoms with E-state index in [1.54, 1.807) is 4.90 Å². The number of methoxy groups -OCH3 is 1. The maximum absolute atomic E-state index is 12.3. The molecule has 98 valence electrons. The van der Waals surface area contributed by atoms with Crippen LogP contribution in [-0.2, 0) is 14.3 Å². The molecule has 1 amide bonds. The molecule has 0 unspecified atom stereocenters. The number of carbonyl (C=O) groups excluding carboxylic acids is 2. The van der Waals surface area contributed by atoms with E-state index in [2.05, 4.69) is 0 Å². The third-order valence-electron chi connectivity index (χ3n) is 3.53. The maximum atomic E-state index is 12.3. The number of nitrogens with zero attached hydrogens (tertiary/aromatic N) is 2. The van der Waals surface area contributed by atoms with E-state index in [1.165, 1.54) is 7.11 Å². The number of rotatable bonds is 3. The Morgan fingerprint density at radius 1 is 1.35 bits per heavy atom. The van der Waals surface area contributed by atoms with Gasteiger partial charge in [-0.3, -0.25) is 4.79 Å². The van der Waals surface area contributed by atoms with Crippen LogP contribution in [0.15, 0.2) is 0 Å². The van der Waals surface area contributed by atoms with Gasteiger partial charge < -0.3 is 14.1 Å². The standard InChI is InChI=1S/C12H23N2O3/c1-9(14(2,3)4)11(15)13-8-6-7-10(13)12(16)17-5/h9-10H,6-8H2,1-5H3/q+1/t9-,10-/m0/s1. The molecule has 0 spiro atoms. The summed E-state index contributed by atoms with van der Waals surface area (Å²) in [5.41, 5.74) is 0. The van der Waals surface area contributed by atoms with Crippen molar-refractivity contribution in [1.29, 1.82) is 0 Å². The smallest absolute Gasteiger partial charge is 0.328 e. The van der Waals surface area contributed by atoms with Gasteiger partial charge in [-0.05, 0) is 19.8 Å². The molecule has 0 radical (unpaired) electrons. The first-order valence-corrected chi connectivity index (χ1v) is 5.98. The molecule has 5 heteroatoms. The molecule has 2 atom stereocenters. The number of hydrogen-bond acceptors (Lipinski definition) is 3. The summed E-state index contributed by atoms with van der Waals surface area (Å²) in [5, 5.41) is 0. The number of likely N-dealkylation sites (N-methyl/N-ethyl adjacent to an activating group) is 1. The van der Waals surface area contributed by atoms with Crippen molar-refractivity contribution in [2.75, 3.05) is 34.8 Å². The summed E-state index contributed by atoms with van der Waals surface area (Å²) in [6.07, 6.45) is 1.58. The van der Waals surface area contributed by atoms with Crippen LogP contribution in [0.3, 0.4) is 0 Å². The summed E-state index contributed by atoms with van der Waals surface area (Å²) in [7, 11) is 7.30. The monoisotopic (exact) mass is 243 g/mol. The molecule has 0 saturated carbocycles. The number of carbonyl (C=O) groups is 2. The van der Waals surface area contributed by atoms with E-state index in [-0.39, 0.29) is 24.0 Å². The van der Waals surface area contributed by atoms with Gasteiger partial charge in [-0.2, -0.15) is 0 Å². The van der Waals surface area contributed by atoms with Gasteiger partial charge >= 0.3 is 5.97 Å². The fourth-order valence-corrected chi connectivity index (χ4v) is 1.98. The summed E-state index contributed by atoms with van der Waals surface area (Å²) in [6.45, 7) is 2.55. The Hall–Kier alpha value is -1.10. The summed E-state index contributed by atoms with van der Waals surface area (Å²) < 4.78 is 5.30. The van der Waals surface area contributed by atoms with Crippen LogP contribution >= 0.6 is 0 Å². The third-order valence-corrected chi connectivity index (χ3v) is 3.53. The molecule has 0 aromatic heterocycles. The average Bonchev–Trinajstić information content (AvgIpc) is 2.73.